The summed E-state index contributed by atoms with van der Waals surface area (Å²) < 4.78 is 0. The lowest BCUT2D eigenvalue weighted by molar-refractivity contribution is 0.0846. The smallest absolute Gasteiger partial charge is 0.189 e. The monoisotopic (exact) mass is 392 g/mol. The Bertz CT molecular complexity index is 316. The Morgan fingerprint density at radius 1 is 1.00 bits per heavy atom. The third kappa shape index (κ3) is 4.23. The molecule has 0 atom stereocenters. The van der Waals surface area contributed by atoms with Crippen LogP contribution in [0.3, 0.4) is 0 Å². The van der Waals surface area contributed by atoms with E-state index in [1.807, 2.05) is 0 Å². The zero-order valence-corrected chi connectivity index (χ0v) is 14.7. The molecule has 0 spiro atoms. The lowest BCUT2D eigenvalue weighted by Crippen LogP contribution is -2.56. The summed E-state index contributed by atoms with van der Waals surface area (Å²) in [7, 11) is 0. The molecule has 0 unspecified atom stereocenters. The molecule has 1 saturated heterocycles. The number of halogens is 1. The molecule has 4 nitrogen and oxygen atoms in total. The Morgan fingerprint density at radius 2 is 1.65 bits per heavy atom. The number of hydrogen-bond acceptors (Lipinski definition) is 2. The Balaban J connectivity index is 0.00000147. The number of nitrogens with zero attached hydrogens (tertiary/aromatic N) is 2. The second kappa shape index (κ2) is 7.82. The van der Waals surface area contributed by atoms with Crippen LogP contribution >= 0.6 is 24.0 Å². The van der Waals surface area contributed by atoms with Gasteiger partial charge in [0.15, 0.2) is 5.96 Å². The third-order valence-electron chi connectivity index (χ3n) is 5.02. The summed E-state index contributed by atoms with van der Waals surface area (Å²) in [5.41, 5.74) is 6.01. The van der Waals surface area contributed by atoms with Crippen molar-refractivity contribution in [3.8, 4) is 0 Å². The SMILES string of the molecule is I.NC(=NC1CCCC1)NC1CC(N2CCCCC2)C1. The van der Waals surface area contributed by atoms with E-state index < -0.39 is 0 Å². The van der Waals surface area contributed by atoms with Gasteiger partial charge in [-0.2, -0.15) is 0 Å². The van der Waals surface area contributed by atoms with Crippen molar-refractivity contribution in [3.63, 3.8) is 0 Å². The van der Waals surface area contributed by atoms with E-state index in [-0.39, 0.29) is 24.0 Å². The molecule has 3 fully saturated rings. The zero-order chi connectivity index (χ0) is 13.1. The van der Waals surface area contributed by atoms with Crippen molar-refractivity contribution in [1.29, 1.82) is 0 Å². The van der Waals surface area contributed by atoms with Crippen molar-refractivity contribution in [2.24, 2.45) is 10.7 Å². The van der Waals surface area contributed by atoms with Gasteiger partial charge in [-0.1, -0.05) is 19.3 Å². The molecule has 0 bridgehead atoms. The summed E-state index contributed by atoms with van der Waals surface area (Å²) in [5, 5.41) is 3.41. The van der Waals surface area contributed by atoms with Crippen molar-refractivity contribution in [2.75, 3.05) is 13.1 Å². The van der Waals surface area contributed by atoms with Gasteiger partial charge in [0.05, 0.1) is 6.04 Å². The van der Waals surface area contributed by atoms with Gasteiger partial charge >= 0.3 is 0 Å². The van der Waals surface area contributed by atoms with Crippen LogP contribution in [0.1, 0.15) is 57.8 Å². The molecule has 2 saturated carbocycles. The molecule has 1 aliphatic heterocycles. The lowest BCUT2D eigenvalue weighted by Gasteiger charge is -2.44. The summed E-state index contributed by atoms with van der Waals surface area (Å²) in [6.07, 6.45) is 11.8. The summed E-state index contributed by atoms with van der Waals surface area (Å²) in [6, 6.07) is 1.86. The standard InChI is InChI=1S/C15H28N4.HI/c16-15(17-12-6-2-3-7-12)18-13-10-14(11-13)19-8-4-1-5-9-19;/h12-14H,1-11H2,(H3,16,17,18);1H. The van der Waals surface area contributed by atoms with Gasteiger partial charge in [0.1, 0.15) is 0 Å². The average Bonchev–Trinajstić information content (AvgIpc) is 2.87. The Kier molecular flexibility index (Phi) is 6.39. The van der Waals surface area contributed by atoms with Gasteiger partial charge in [0, 0.05) is 12.1 Å². The van der Waals surface area contributed by atoms with Gasteiger partial charge in [0.25, 0.3) is 0 Å². The lowest BCUT2D eigenvalue weighted by atomic mass is 9.84. The predicted octanol–water partition coefficient (Wildman–Crippen LogP) is 2.47. The molecule has 0 radical (unpaired) electrons. The highest BCUT2D eigenvalue weighted by Crippen LogP contribution is 2.28. The molecule has 5 heteroatoms. The summed E-state index contributed by atoms with van der Waals surface area (Å²) >= 11 is 0. The van der Waals surface area contributed by atoms with Gasteiger partial charge < -0.3 is 16.0 Å². The molecule has 20 heavy (non-hydrogen) atoms. The van der Waals surface area contributed by atoms with E-state index in [0.29, 0.717) is 18.0 Å². The number of guanidine groups is 1. The maximum Gasteiger partial charge on any atom is 0.189 e. The van der Waals surface area contributed by atoms with Crippen LogP contribution in [0.25, 0.3) is 0 Å². The molecule has 2 aliphatic carbocycles. The van der Waals surface area contributed by atoms with Crippen LogP contribution in [0.5, 0.6) is 0 Å². The minimum absolute atomic E-state index is 0. The molecule has 116 valence electrons. The highest BCUT2D eigenvalue weighted by Gasteiger charge is 2.34. The largest absolute Gasteiger partial charge is 0.370 e. The van der Waals surface area contributed by atoms with Crippen molar-refractivity contribution < 1.29 is 0 Å². The minimum atomic E-state index is 0. The molecular formula is C15H29IN4. The topological polar surface area (TPSA) is 53.6 Å². The molecule has 0 amide bonds. The normalized spacial score (nSPS) is 32.5. The van der Waals surface area contributed by atoms with Gasteiger partial charge in [-0.05, 0) is 51.6 Å². The third-order valence-corrected chi connectivity index (χ3v) is 5.02. The van der Waals surface area contributed by atoms with Crippen LogP contribution in [0.2, 0.25) is 0 Å². The summed E-state index contributed by atoms with van der Waals surface area (Å²) in [6.45, 7) is 2.62. The van der Waals surface area contributed by atoms with Crippen molar-refractivity contribution in [3.05, 3.63) is 0 Å². The quantitative estimate of drug-likeness (QED) is 0.441. The first-order valence-electron chi connectivity index (χ1n) is 8.15. The molecule has 0 aromatic carbocycles. The van der Waals surface area contributed by atoms with Gasteiger partial charge in [-0.15, -0.1) is 24.0 Å². The van der Waals surface area contributed by atoms with E-state index in [0.717, 1.165) is 6.04 Å². The van der Waals surface area contributed by atoms with Crippen LogP contribution in [0.15, 0.2) is 4.99 Å². The molecule has 0 aromatic rings. The molecule has 3 aliphatic rings. The number of aliphatic imine (C=N–C) groups is 1. The molecule has 0 aromatic heterocycles. The van der Waals surface area contributed by atoms with Crippen LogP contribution in [-0.2, 0) is 0 Å². The van der Waals surface area contributed by atoms with E-state index in [4.69, 9.17) is 5.73 Å². The van der Waals surface area contributed by atoms with Crippen LogP contribution in [-0.4, -0.2) is 42.1 Å². The Hall–Kier alpha value is -0.0400. The Labute approximate surface area is 140 Å². The second-order valence-corrected chi connectivity index (χ2v) is 6.52. The highest BCUT2D eigenvalue weighted by molar-refractivity contribution is 14.0. The highest BCUT2D eigenvalue weighted by atomic mass is 127. The molecule has 3 rings (SSSR count). The first kappa shape index (κ1) is 16.3. The number of nitrogens with two attached hydrogens (primary N) is 1. The molecule has 1 heterocycles. The minimum Gasteiger partial charge on any atom is -0.370 e. The number of likely N-dealkylation sites (tertiary alicyclic amines) is 1. The average molecular weight is 392 g/mol. The van der Waals surface area contributed by atoms with Crippen molar-refractivity contribution >= 4 is 29.9 Å². The number of piperidine rings is 1. The van der Waals surface area contributed by atoms with Crippen molar-refractivity contribution in [2.45, 2.75) is 75.9 Å². The number of rotatable bonds is 3. The first-order chi connectivity index (χ1) is 9.31. The fraction of sp³-hybridized carbons (Fsp3) is 0.933. The van der Waals surface area contributed by atoms with E-state index in [2.05, 4.69) is 15.2 Å². The molecule has 3 N–H and O–H groups in total. The van der Waals surface area contributed by atoms with E-state index >= 15 is 0 Å². The summed E-state index contributed by atoms with van der Waals surface area (Å²) in [5.74, 6) is 0.689. The van der Waals surface area contributed by atoms with Gasteiger partial charge in [-0.25, -0.2) is 0 Å². The molecular weight excluding hydrogens is 363 g/mol. The van der Waals surface area contributed by atoms with Gasteiger partial charge in [0.2, 0.25) is 0 Å². The summed E-state index contributed by atoms with van der Waals surface area (Å²) in [4.78, 5) is 7.28. The second-order valence-electron chi connectivity index (χ2n) is 6.52. The predicted molar refractivity (Wildman–Crippen MR) is 94.7 cm³/mol. The first-order valence-corrected chi connectivity index (χ1v) is 8.15. The maximum absolute atomic E-state index is 6.01. The van der Waals surface area contributed by atoms with E-state index in [1.54, 1.807) is 0 Å². The maximum atomic E-state index is 6.01. The van der Waals surface area contributed by atoms with Crippen molar-refractivity contribution in [1.82, 2.24) is 10.2 Å². The zero-order valence-electron chi connectivity index (χ0n) is 12.4. The number of nitrogens with one attached hydrogen (secondary N) is 1. The van der Waals surface area contributed by atoms with Crippen LogP contribution in [0.4, 0.5) is 0 Å². The fourth-order valence-corrected chi connectivity index (χ4v) is 3.76. The van der Waals surface area contributed by atoms with E-state index in [1.165, 1.54) is 70.9 Å². The van der Waals surface area contributed by atoms with Gasteiger partial charge in [-0.3, -0.25) is 4.99 Å². The fourth-order valence-electron chi connectivity index (χ4n) is 3.76. The number of hydrogen-bond donors (Lipinski definition) is 2. The van der Waals surface area contributed by atoms with Crippen LogP contribution < -0.4 is 11.1 Å². The van der Waals surface area contributed by atoms with E-state index in [9.17, 15) is 0 Å². The Morgan fingerprint density at radius 3 is 2.30 bits per heavy atom. The van der Waals surface area contributed by atoms with Crippen LogP contribution in [0, 0.1) is 0 Å².